The Labute approximate surface area is 114 Å². The van der Waals surface area contributed by atoms with Crippen LogP contribution >= 0.6 is 11.6 Å². The molecule has 2 aromatic heterocycles. The summed E-state index contributed by atoms with van der Waals surface area (Å²) in [6.07, 6.45) is 5.50. The Morgan fingerprint density at radius 1 is 1.50 bits per heavy atom. The van der Waals surface area contributed by atoms with Crippen molar-refractivity contribution >= 4 is 28.0 Å². The number of halogens is 1. The lowest BCUT2D eigenvalue weighted by molar-refractivity contribution is 0.643. The first kappa shape index (κ1) is 13.5. The van der Waals surface area contributed by atoms with Crippen LogP contribution in [-0.2, 0) is 17.3 Å². The van der Waals surface area contributed by atoms with Crippen LogP contribution in [-0.4, -0.2) is 31.6 Å². The number of aromatic nitrogens is 2. The highest BCUT2D eigenvalue weighted by atomic mass is 35.5. The number of pyridine rings is 1. The van der Waals surface area contributed by atoms with Crippen molar-refractivity contribution in [3.05, 3.63) is 35.2 Å². The van der Waals surface area contributed by atoms with Crippen LogP contribution in [0.5, 0.6) is 0 Å². The van der Waals surface area contributed by atoms with Gasteiger partial charge in [-0.2, -0.15) is 0 Å². The molecule has 1 N–H and O–H groups in total. The molecule has 0 amide bonds. The molecular formula is C12H16ClN3OS. The molecule has 0 bridgehead atoms. The number of hydrogen-bond donors (Lipinski definition) is 1. The second-order valence-corrected chi connectivity index (χ2v) is 6.52. The number of rotatable bonds is 5. The highest BCUT2D eigenvalue weighted by Gasteiger charge is 2.06. The van der Waals surface area contributed by atoms with Crippen molar-refractivity contribution in [2.45, 2.75) is 18.7 Å². The van der Waals surface area contributed by atoms with Gasteiger partial charge in [-0.25, -0.2) is 4.98 Å². The van der Waals surface area contributed by atoms with Gasteiger partial charge in [-0.15, -0.1) is 0 Å². The molecule has 98 valence electrons. The van der Waals surface area contributed by atoms with Gasteiger partial charge in [0.05, 0.1) is 10.7 Å². The Kier molecular flexibility index (Phi) is 4.37. The summed E-state index contributed by atoms with van der Waals surface area (Å²) in [5, 5.41) is 4.10. The first-order chi connectivity index (χ1) is 8.56. The molecule has 0 radical (unpaired) electrons. The lowest BCUT2D eigenvalue weighted by Crippen LogP contribution is -2.27. The molecule has 4 nitrogen and oxygen atoms in total. The van der Waals surface area contributed by atoms with Crippen molar-refractivity contribution in [1.29, 1.82) is 0 Å². The maximum absolute atomic E-state index is 11.2. The van der Waals surface area contributed by atoms with E-state index < -0.39 is 10.8 Å². The van der Waals surface area contributed by atoms with Gasteiger partial charge in [0, 0.05) is 47.8 Å². The smallest absolute Gasteiger partial charge is 0.137 e. The van der Waals surface area contributed by atoms with Gasteiger partial charge >= 0.3 is 0 Å². The summed E-state index contributed by atoms with van der Waals surface area (Å²) < 4.78 is 13.1. The number of hydrogen-bond acceptors (Lipinski definition) is 3. The van der Waals surface area contributed by atoms with E-state index in [2.05, 4.69) is 10.3 Å². The van der Waals surface area contributed by atoms with E-state index in [1.165, 1.54) is 0 Å². The van der Waals surface area contributed by atoms with Gasteiger partial charge in [-0.05, 0) is 19.1 Å². The second-order valence-electron chi connectivity index (χ2n) is 4.29. The first-order valence-corrected chi connectivity index (χ1v) is 7.72. The van der Waals surface area contributed by atoms with Crippen molar-refractivity contribution in [3.63, 3.8) is 0 Å². The molecule has 0 aliphatic rings. The summed E-state index contributed by atoms with van der Waals surface area (Å²) in [6, 6.07) is 3.71. The molecule has 0 fully saturated rings. The maximum Gasteiger partial charge on any atom is 0.137 e. The fourth-order valence-electron chi connectivity index (χ4n) is 1.62. The molecule has 6 heteroatoms. The number of imidazole rings is 1. The SMILES string of the molecule is CC(CNCc1cn2cc(Cl)ccc2n1)S(C)=O. The number of nitrogens with zero attached hydrogens (tertiary/aromatic N) is 2. The third-order valence-electron chi connectivity index (χ3n) is 2.77. The van der Waals surface area contributed by atoms with Gasteiger partial charge in [0.2, 0.25) is 0 Å². The predicted molar refractivity (Wildman–Crippen MR) is 75.4 cm³/mol. The van der Waals surface area contributed by atoms with E-state index in [1.54, 1.807) is 6.26 Å². The van der Waals surface area contributed by atoms with Crippen LogP contribution in [0.4, 0.5) is 0 Å². The molecule has 2 rings (SSSR count). The van der Waals surface area contributed by atoms with Crippen LogP contribution in [0.25, 0.3) is 5.65 Å². The maximum atomic E-state index is 11.2. The largest absolute Gasteiger partial charge is 0.310 e. The second kappa shape index (κ2) is 5.82. The van der Waals surface area contributed by atoms with Crippen LogP contribution in [0.15, 0.2) is 24.5 Å². The van der Waals surface area contributed by atoms with E-state index in [-0.39, 0.29) is 5.25 Å². The monoisotopic (exact) mass is 285 g/mol. The zero-order valence-electron chi connectivity index (χ0n) is 10.4. The van der Waals surface area contributed by atoms with Gasteiger partial charge < -0.3 is 9.72 Å². The summed E-state index contributed by atoms with van der Waals surface area (Å²) in [4.78, 5) is 4.46. The van der Waals surface area contributed by atoms with Gasteiger partial charge in [-0.3, -0.25) is 4.21 Å². The molecule has 2 aromatic rings. The van der Waals surface area contributed by atoms with Crippen molar-refractivity contribution in [3.8, 4) is 0 Å². The van der Waals surface area contributed by atoms with E-state index in [4.69, 9.17) is 11.6 Å². The molecule has 0 aliphatic carbocycles. The zero-order valence-corrected chi connectivity index (χ0v) is 12.0. The van der Waals surface area contributed by atoms with Crippen LogP contribution in [0.3, 0.4) is 0 Å². The topological polar surface area (TPSA) is 46.4 Å². The Hall–Kier alpha value is -0.910. The highest BCUT2D eigenvalue weighted by molar-refractivity contribution is 7.84. The third-order valence-corrected chi connectivity index (χ3v) is 4.29. The van der Waals surface area contributed by atoms with Gasteiger partial charge in [-0.1, -0.05) is 11.6 Å². The summed E-state index contributed by atoms with van der Waals surface area (Å²) in [6.45, 7) is 3.35. The van der Waals surface area contributed by atoms with Crippen molar-refractivity contribution in [2.24, 2.45) is 0 Å². The summed E-state index contributed by atoms with van der Waals surface area (Å²) in [5.41, 5.74) is 1.83. The Morgan fingerprint density at radius 2 is 2.28 bits per heavy atom. The van der Waals surface area contributed by atoms with E-state index in [0.29, 0.717) is 11.6 Å². The molecule has 0 aliphatic heterocycles. The first-order valence-electron chi connectivity index (χ1n) is 5.72. The minimum Gasteiger partial charge on any atom is -0.310 e. The third kappa shape index (κ3) is 3.31. The minimum atomic E-state index is -0.792. The van der Waals surface area contributed by atoms with E-state index in [0.717, 1.165) is 17.9 Å². The van der Waals surface area contributed by atoms with Crippen LogP contribution in [0.2, 0.25) is 5.02 Å². The zero-order chi connectivity index (χ0) is 13.1. The van der Waals surface area contributed by atoms with Gasteiger partial charge in [0.25, 0.3) is 0 Å². The van der Waals surface area contributed by atoms with E-state index >= 15 is 0 Å². The summed E-state index contributed by atoms with van der Waals surface area (Å²) in [5.74, 6) is 0. The highest BCUT2D eigenvalue weighted by Crippen LogP contribution is 2.11. The Balaban J connectivity index is 1.98. The standard InChI is InChI=1S/C12H16ClN3OS/c1-9(18(2)17)5-14-6-11-8-16-7-10(13)3-4-12(16)15-11/h3-4,7-9,14H,5-6H2,1-2H3. The molecule has 0 aromatic carbocycles. The van der Waals surface area contributed by atoms with Gasteiger partial charge in [0.1, 0.15) is 5.65 Å². The normalized spacial score (nSPS) is 14.8. The quantitative estimate of drug-likeness (QED) is 0.912. The van der Waals surface area contributed by atoms with Crippen LogP contribution in [0, 0.1) is 0 Å². The molecular weight excluding hydrogens is 270 g/mol. The van der Waals surface area contributed by atoms with Crippen molar-refractivity contribution < 1.29 is 4.21 Å². The lowest BCUT2D eigenvalue weighted by atomic mass is 10.4. The molecule has 18 heavy (non-hydrogen) atoms. The predicted octanol–water partition coefficient (Wildman–Crippen LogP) is 1.84. The lowest BCUT2D eigenvalue weighted by Gasteiger charge is -2.08. The van der Waals surface area contributed by atoms with Gasteiger partial charge in [0.15, 0.2) is 0 Å². The fraction of sp³-hybridized carbons (Fsp3) is 0.417. The number of nitrogens with one attached hydrogen (secondary N) is 1. The van der Waals surface area contributed by atoms with E-state index in [1.807, 2.05) is 35.9 Å². The summed E-state index contributed by atoms with van der Waals surface area (Å²) in [7, 11) is -0.792. The van der Waals surface area contributed by atoms with Crippen molar-refractivity contribution in [1.82, 2.24) is 14.7 Å². The summed E-state index contributed by atoms with van der Waals surface area (Å²) >= 11 is 5.91. The fourth-order valence-corrected chi connectivity index (χ4v) is 2.14. The molecule has 0 spiro atoms. The van der Waals surface area contributed by atoms with Crippen LogP contribution < -0.4 is 5.32 Å². The Morgan fingerprint density at radius 3 is 3.00 bits per heavy atom. The molecule has 0 saturated heterocycles. The molecule has 2 heterocycles. The van der Waals surface area contributed by atoms with E-state index in [9.17, 15) is 4.21 Å². The average molecular weight is 286 g/mol. The molecule has 2 atom stereocenters. The Bertz CT molecular complexity index is 569. The molecule has 0 saturated carbocycles. The number of fused-ring (bicyclic) bond motifs is 1. The minimum absolute atomic E-state index is 0.150. The van der Waals surface area contributed by atoms with Crippen molar-refractivity contribution in [2.75, 3.05) is 12.8 Å². The molecule has 2 unspecified atom stereocenters. The van der Waals surface area contributed by atoms with Crippen LogP contribution in [0.1, 0.15) is 12.6 Å². The average Bonchev–Trinajstić information content (AvgIpc) is 2.70.